The number of sulfone groups is 1. The summed E-state index contributed by atoms with van der Waals surface area (Å²) in [4.78, 5) is 4.04. The highest BCUT2D eigenvalue weighted by Gasteiger charge is 2.30. The number of rotatable bonds is 3. The van der Waals surface area contributed by atoms with Gasteiger partial charge in [0, 0.05) is 13.0 Å². The van der Waals surface area contributed by atoms with Crippen molar-refractivity contribution in [3.05, 3.63) is 11.7 Å². The van der Waals surface area contributed by atoms with Gasteiger partial charge in [-0.25, -0.2) is 8.42 Å². The average molecular weight is 247 g/mol. The molecule has 0 spiro atoms. The summed E-state index contributed by atoms with van der Waals surface area (Å²) in [6.07, 6.45) is -0.138. The van der Waals surface area contributed by atoms with Crippen molar-refractivity contribution in [3.63, 3.8) is 0 Å². The van der Waals surface area contributed by atoms with Gasteiger partial charge < -0.3 is 15.0 Å². The normalized spacial score (nSPS) is 24.4. The summed E-state index contributed by atoms with van der Waals surface area (Å²) in [6.45, 7) is 0.583. The minimum absolute atomic E-state index is 0.0526. The van der Waals surface area contributed by atoms with E-state index in [0.29, 0.717) is 18.9 Å². The molecule has 8 heteroatoms. The van der Waals surface area contributed by atoms with Gasteiger partial charge in [-0.05, 0) is 0 Å². The third kappa shape index (κ3) is 2.57. The van der Waals surface area contributed by atoms with E-state index in [0.717, 1.165) is 0 Å². The van der Waals surface area contributed by atoms with Crippen molar-refractivity contribution >= 4 is 9.84 Å². The van der Waals surface area contributed by atoms with E-state index >= 15 is 0 Å². The molecule has 0 aliphatic carbocycles. The molecule has 1 atom stereocenters. The first-order chi connectivity index (χ1) is 7.61. The lowest BCUT2D eigenvalue weighted by molar-refractivity contribution is 0.0639. The Morgan fingerprint density at radius 3 is 3.00 bits per heavy atom. The fourth-order valence-electron chi connectivity index (χ4n) is 1.45. The minimum Gasteiger partial charge on any atom is -0.368 e. The second-order valence-electron chi connectivity index (χ2n) is 3.56. The van der Waals surface area contributed by atoms with Crippen molar-refractivity contribution < 1.29 is 17.7 Å². The third-order valence-corrected chi connectivity index (χ3v) is 3.85. The molecule has 0 aromatic carbocycles. The van der Waals surface area contributed by atoms with Gasteiger partial charge in [0.2, 0.25) is 11.7 Å². The van der Waals surface area contributed by atoms with Crippen molar-refractivity contribution in [2.75, 3.05) is 24.7 Å². The van der Waals surface area contributed by atoms with Gasteiger partial charge in [-0.1, -0.05) is 5.16 Å². The number of hydrogen-bond donors (Lipinski definition) is 1. The van der Waals surface area contributed by atoms with Gasteiger partial charge in [-0.3, -0.25) is 0 Å². The highest BCUT2D eigenvalue weighted by atomic mass is 32.2. The van der Waals surface area contributed by atoms with Crippen LogP contribution in [0.25, 0.3) is 0 Å². The number of hydrogen-bond acceptors (Lipinski definition) is 7. The molecular formula is C8H13N3O4S. The Morgan fingerprint density at radius 1 is 1.50 bits per heavy atom. The van der Waals surface area contributed by atoms with E-state index in [2.05, 4.69) is 10.1 Å². The maximum absolute atomic E-state index is 11.4. The Hall–Kier alpha value is -0.990. The van der Waals surface area contributed by atoms with E-state index in [-0.39, 0.29) is 23.9 Å². The van der Waals surface area contributed by atoms with Crippen LogP contribution < -0.4 is 5.73 Å². The molecule has 1 fully saturated rings. The van der Waals surface area contributed by atoms with Crippen LogP contribution in [0, 0.1) is 0 Å². The summed E-state index contributed by atoms with van der Waals surface area (Å²) in [5.41, 5.74) is 5.34. The van der Waals surface area contributed by atoms with Gasteiger partial charge in [0.05, 0.1) is 18.1 Å². The molecule has 0 bridgehead atoms. The van der Waals surface area contributed by atoms with Crippen LogP contribution >= 0.6 is 0 Å². The van der Waals surface area contributed by atoms with E-state index in [9.17, 15) is 8.42 Å². The molecule has 1 aromatic rings. The second-order valence-corrected chi connectivity index (χ2v) is 5.79. The molecule has 1 saturated heterocycles. The summed E-state index contributed by atoms with van der Waals surface area (Å²) in [7, 11) is -3.05. The molecule has 90 valence electrons. The van der Waals surface area contributed by atoms with Gasteiger partial charge in [-0.15, -0.1) is 0 Å². The molecule has 1 aliphatic heterocycles. The maximum Gasteiger partial charge on any atom is 0.228 e. The average Bonchev–Trinajstić information content (AvgIpc) is 2.65. The van der Waals surface area contributed by atoms with Crippen LogP contribution in [-0.4, -0.2) is 43.2 Å². The first kappa shape index (κ1) is 11.5. The van der Waals surface area contributed by atoms with Gasteiger partial charge >= 0.3 is 0 Å². The molecule has 2 heterocycles. The zero-order chi connectivity index (χ0) is 11.6. The quantitative estimate of drug-likeness (QED) is 0.734. The Morgan fingerprint density at radius 2 is 2.31 bits per heavy atom. The van der Waals surface area contributed by atoms with E-state index in [1.54, 1.807) is 0 Å². The highest BCUT2D eigenvalue weighted by molar-refractivity contribution is 7.91. The van der Waals surface area contributed by atoms with Crippen LogP contribution in [0.3, 0.4) is 0 Å². The van der Waals surface area contributed by atoms with E-state index in [1.165, 1.54) is 0 Å². The first-order valence-electron chi connectivity index (χ1n) is 4.95. The summed E-state index contributed by atoms with van der Waals surface area (Å²) >= 11 is 0. The summed E-state index contributed by atoms with van der Waals surface area (Å²) in [5.74, 6) is 0.654. The highest BCUT2D eigenvalue weighted by Crippen LogP contribution is 2.20. The van der Waals surface area contributed by atoms with Crippen LogP contribution in [0.2, 0.25) is 0 Å². The lowest BCUT2D eigenvalue weighted by Gasteiger charge is -2.19. The molecular weight excluding hydrogens is 234 g/mol. The van der Waals surface area contributed by atoms with Crippen molar-refractivity contribution in [2.24, 2.45) is 5.73 Å². The molecule has 7 nitrogen and oxygen atoms in total. The predicted octanol–water partition coefficient (Wildman–Crippen LogP) is -0.943. The zero-order valence-corrected chi connectivity index (χ0v) is 9.44. The first-order valence-corrected chi connectivity index (χ1v) is 6.77. The van der Waals surface area contributed by atoms with Gasteiger partial charge in [0.1, 0.15) is 6.10 Å². The molecule has 0 saturated carbocycles. The minimum atomic E-state index is -3.05. The van der Waals surface area contributed by atoms with Crippen LogP contribution in [0.4, 0.5) is 0 Å². The molecule has 1 aliphatic rings. The van der Waals surface area contributed by atoms with Gasteiger partial charge in [-0.2, -0.15) is 4.98 Å². The third-order valence-electron chi connectivity index (χ3n) is 2.25. The van der Waals surface area contributed by atoms with Crippen molar-refractivity contribution in [1.29, 1.82) is 0 Å². The second kappa shape index (κ2) is 4.48. The predicted molar refractivity (Wildman–Crippen MR) is 54.4 cm³/mol. The van der Waals surface area contributed by atoms with Crippen molar-refractivity contribution in [2.45, 2.75) is 12.5 Å². The lowest BCUT2D eigenvalue weighted by atomic mass is 10.3. The smallest absolute Gasteiger partial charge is 0.228 e. The fraction of sp³-hybridized carbons (Fsp3) is 0.750. The Labute approximate surface area is 92.9 Å². The monoisotopic (exact) mass is 247 g/mol. The maximum atomic E-state index is 11.4. The molecule has 0 radical (unpaired) electrons. The molecule has 1 aromatic heterocycles. The van der Waals surface area contributed by atoms with Gasteiger partial charge in [0.15, 0.2) is 9.84 Å². The molecule has 16 heavy (non-hydrogen) atoms. The topological polar surface area (TPSA) is 108 Å². The van der Waals surface area contributed by atoms with E-state index in [1.807, 2.05) is 0 Å². The molecule has 2 rings (SSSR count). The van der Waals surface area contributed by atoms with Gasteiger partial charge in [0.25, 0.3) is 0 Å². The summed E-state index contributed by atoms with van der Waals surface area (Å²) in [5, 5.41) is 3.69. The number of ether oxygens (including phenoxy) is 1. The van der Waals surface area contributed by atoms with Crippen LogP contribution in [0.5, 0.6) is 0 Å². The largest absolute Gasteiger partial charge is 0.368 e. The molecule has 2 N–H and O–H groups in total. The Bertz CT molecular complexity index is 456. The lowest BCUT2D eigenvalue weighted by Crippen LogP contribution is -2.29. The SMILES string of the molecule is NCCc1nc(C2CS(=O)(=O)CCO2)no1. The van der Waals surface area contributed by atoms with Crippen LogP contribution in [-0.2, 0) is 21.0 Å². The summed E-state index contributed by atoms with van der Waals surface area (Å²) < 4.78 is 33.0. The van der Waals surface area contributed by atoms with Crippen LogP contribution in [0.1, 0.15) is 17.8 Å². The molecule has 1 unspecified atom stereocenters. The standard InChI is InChI=1S/C8H13N3O4S/c9-2-1-7-10-8(11-15-7)6-5-16(12,13)4-3-14-6/h6H,1-5,9H2. The van der Waals surface area contributed by atoms with Crippen molar-refractivity contribution in [1.82, 2.24) is 10.1 Å². The fourth-order valence-corrected chi connectivity index (χ4v) is 2.68. The summed E-state index contributed by atoms with van der Waals surface area (Å²) in [6, 6.07) is 0. The zero-order valence-electron chi connectivity index (χ0n) is 8.63. The van der Waals surface area contributed by atoms with Crippen molar-refractivity contribution in [3.8, 4) is 0 Å². The Balaban J connectivity index is 2.11. The Kier molecular flexibility index (Phi) is 3.22. The number of nitrogens with zero attached hydrogens (tertiary/aromatic N) is 2. The number of nitrogens with two attached hydrogens (primary N) is 1. The van der Waals surface area contributed by atoms with E-state index in [4.69, 9.17) is 15.0 Å². The van der Waals surface area contributed by atoms with Crippen LogP contribution in [0.15, 0.2) is 4.52 Å². The number of aromatic nitrogens is 2. The molecule has 0 amide bonds. The van der Waals surface area contributed by atoms with E-state index < -0.39 is 15.9 Å².